The van der Waals surface area contributed by atoms with Crippen molar-refractivity contribution in [2.45, 2.75) is 69.9 Å². The van der Waals surface area contributed by atoms with Gasteiger partial charge >= 0.3 is 0 Å². The maximum absolute atomic E-state index is 6.15. The van der Waals surface area contributed by atoms with Crippen molar-refractivity contribution in [3.8, 4) is 0 Å². The van der Waals surface area contributed by atoms with Crippen molar-refractivity contribution in [1.82, 2.24) is 5.32 Å². The second-order valence-electron chi connectivity index (χ2n) is 6.64. The summed E-state index contributed by atoms with van der Waals surface area (Å²) in [5, 5.41) is 3.67. The highest BCUT2D eigenvalue weighted by Crippen LogP contribution is 2.44. The maximum Gasteiger partial charge on any atom is 0.0685 e. The Bertz CT molecular complexity index is 252. The van der Waals surface area contributed by atoms with E-state index in [4.69, 9.17) is 4.74 Å². The molecular formula is C15H27NO. The molecule has 2 heteroatoms. The molecule has 3 fully saturated rings. The average molecular weight is 237 g/mol. The Balaban J connectivity index is 1.60. The zero-order valence-corrected chi connectivity index (χ0v) is 11.2. The lowest BCUT2D eigenvalue weighted by molar-refractivity contribution is -0.103. The Morgan fingerprint density at radius 2 is 1.88 bits per heavy atom. The molecule has 0 amide bonds. The van der Waals surface area contributed by atoms with E-state index in [0.29, 0.717) is 5.60 Å². The van der Waals surface area contributed by atoms with Crippen LogP contribution in [0.4, 0.5) is 0 Å². The molecule has 0 bridgehead atoms. The van der Waals surface area contributed by atoms with Gasteiger partial charge in [0.15, 0.2) is 0 Å². The number of hydrogen-bond donors (Lipinski definition) is 1. The topological polar surface area (TPSA) is 21.3 Å². The number of nitrogens with one attached hydrogen (secondary N) is 1. The fraction of sp³-hybridized carbons (Fsp3) is 1.00. The second-order valence-corrected chi connectivity index (χ2v) is 6.64. The second kappa shape index (κ2) is 4.89. The van der Waals surface area contributed by atoms with Crippen molar-refractivity contribution >= 4 is 0 Å². The Morgan fingerprint density at radius 3 is 2.59 bits per heavy atom. The molecule has 3 aliphatic rings. The molecule has 3 atom stereocenters. The van der Waals surface area contributed by atoms with Crippen LogP contribution in [0.15, 0.2) is 0 Å². The smallest absolute Gasteiger partial charge is 0.0685 e. The van der Waals surface area contributed by atoms with Crippen molar-refractivity contribution in [1.29, 1.82) is 0 Å². The molecule has 2 nitrogen and oxygen atoms in total. The van der Waals surface area contributed by atoms with Crippen LogP contribution in [-0.4, -0.2) is 24.8 Å². The van der Waals surface area contributed by atoms with Crippen molar-refractivity contribution in [3.05, 3.63) is 0 Å². The molecule has 2 heterocycles. The average Bonchev–Trinajstić information content (AvgIpc) is 2.78. The minimum Gasteiger partial charge on any atom is -0.375 e. The van der Waals surface area contributed by atoms with E-state index in [1.54, 1.807) is 0 Å². The molecule has 0 radical (unpaired) electrons. The van der Waals surface area contributed by atoms with Gasteiger partial charge in [0.1, 0.15) is 0 Å². The highest BCUT2D eigenvalue weighted by molar-refractivity contribution is 4.94. The fourth-order valence-corrected chi connectivity index (χ4v) is 4.26. The van der Waals surface area contributed by atoms with Gasteiger partial charge in [0.05, 0.1) is 5.60 Å². The standard InChI is InChI=1S/C15H27NO/c1-12-4-5-14(11-16-12)13-6-9-17-15(10-13)7-2-3-8-15/h12-14,16H,2-11H2,1H3. The molecule has 0 aromatic heterocycles. The minimum absolute atomic E-state index is 0.311. The monoisotopic (exact) mass is 237 g/mol. The largest absolute Gasteiger partial charge is 0.375 e. The zero-order chi connectivity index (χ0) is 11.7. The zero-order valence-electron chi connectivity index (χ0n) is 11.2. The van der Waals surface area contributed by atoms with Gasteiger partial charge in [-0.05, 0) is 63.8 Å². The first kappa shape index (κ1) is 12.0. The first-order valence-electron chi connectivity index (χ1n) is 7.65. The molecule has 3 rings (SSSR count). The normalized spacial score (nSPS) is 41.8. The Hall–Kier alpha value is -0.0800. The van der Waals surface area contributed by atoms with E-state index in [0.717, 1.165) is 24.5 Å². The number of piperidine rings is 1. The van der Waals surface area contributed by atoms with Crippen molar-refractivity contribution in [3.63, 3.8) is 0 Å². The molecule has 98 valence electrons. The van der Waals surface area contributed by atoms with Crippen molar-refractivity contribution in [2.24, 2.45) is 11.8 Å². The molecule has 2 saturated heterocycles. The van der Waals surface area contributed by atoms with Gasteiger partial charge in [-0.25, -0.2) is 0 Å². The first-order chi connectivity index (χ1) is 8.27. The molecular weight excluding hydrogens is 210 g/mol. The van der Waals surface area contributed by atoms with E-state index in [-0.39, 0.29) is 0 Å². The van der Waals surface area contributed by atoms with E-state index in [2.05, 4.69) is 12.2 Å². The number of hydrogen-bond acceptors (Lipinski definition) is 2. The molecule has 0 aromatic rings. The quantitative estimate of drug-likeness (QED) is 0.756. The predicted octanol–water partition coefficient (Wildman–Crippen LogP) is 3.11. The summed E-state index contributed by atoms with van der Waals surface area (Å²) in [6, 6.07) is 0.742. The number of ether oxygens (including phenoxy) is 1. The highest BCUT2D eigenvalue weighted by atomic mass is 16.5. The van der Waals surface area contributed by atoms with E-state index in [9.17, 15) is 0 Å². The van der Waals surface area contributed by atoms with Crippen LogP contribution in [0.25, 0.3) is 0 Å². The van der Waals surface area contributed by atoms with Gasteiger partial charge in [-0.3, -0.25) is 0 Å². The van der Waals surface area contributed by atoms with E-state index in [1.807, 2.05) is 0 Å². The lowest BCUT2D eigenvalue weighted by Crippen LogP contribution is -2.45. The summed E-state index contributed by atoms with van der Waals surface area (Å²) in [4.78, 5) is 0. The van der Waals surface area contributed by atoms with E-state index < -0.39 is 0 Å². The van der Waals surface area contributed by atoms with Gasteiger partial charge in [0.2, 0.25) is 0 Å². The molecule has 0 aromatic carbocycles. The molecule has 1 N–H and O–H groups in total. The summed E-state index contributed by atoms with van der Waals surface area (Å²) in [5.74, 6) is 1.86. The van der Waals surface area contributed by atoms with Gasteiger partial charge in [0.25, 0.3) is 0 Å². The van der Waals surface area contributed by atoms with Crippen LogP contribution < -0.4 is 5.32 Å². The Labute approximate surface area is 105 Å². The highest BCUT2D eigenvalue weighted by Gasteiger charge is 2.42. The van der Waals surface area contributed by atoms with Crippen molar-refractivity contribution < 1.29 is 4.74 Å². The van der Waals surface area contributed by atoms with Crippen LogP contribution in [0.1, 0.15) is 58.3 Å². The fourth-order valence-electron chi connectivity index (χ4n) is 4.26. The van der Waals surface area contributed by atoms with Crippen LogP contribution in [0, 0.1) is 11.8 Å². The summed E-state index contributed by atoms with van der Waals surface area (Å²) in [6.45, 7) is 4.59. The molecule has 17 heavy (non-hydrogen) atoms. The third-order valence-corrected chi connectivity index (χ3v) is 5.41. The summed E-state index contributed by atoms with van der Waals surface area (Å²) < 4.78 is 6.15. The maximum atomic E-state index is 6.15. The van der Waals surface area contributed by atoms with Gasteiger partial charge in [-0.1, -0.05) is 12.8 Å². The van der Waals surface area contributed by atoms with Crippen LogP contribution in [0.5, 0.6) is 0 Å². The number of rotatable bonds is 1. The Morgan fingerprint density at radius 1 is 1.06 bits per heavy atom. The van der Waals surface area contributed by atoms with Gasteiger partial charge in [0, 0.05) is 12.6 Å². The molecule has 2 aliphatic heterocycles. The molecule has 3 unspecified atom stereocenters. The molecule has 1 aliphatic carbocycles. The van der Waals surface area contributed by atoms with Crippen LogP contribution in [0.2, 0.25) is 0 Å². The summed E-state index contributed by atoms with van der Waals surface area (Å²) >= 11 is 0. The Kier molecular flexibility index (Phi) is 3.45. The third-order valence-electron chi connectivity index (χ3n) is 5.41. The van der Waals surface area contributed by atoms with Gasteiger partial charge in [-0.15, -0.1) is 0 Å². The lowest BCUT2D eigenvalue weighted by Gasteiger charge is -2.43. The third kappa shape index (κ3) is 2.53. The first-order valence-corrected chi connectivity index (χ1v) is 7.65. The van der Waals surface area contributed by atoms with Crippen LogP contribution in [0.3, 0.4) is 0 Å². The molecule has 1 spiro atoms. The summed E-state index contributed by atoms with van der Waals surface area (Å²) in [6.07, 6.45) is 10.9. The lowest BCUT2D eigenvalue weighted by atomic mass is 9.74. The van der Waals surface area contributed by atoms with E-state index >= 15 is 0 Å². The van der Waals surface area contributed by atoms with E-state index in [1.165, 1.54) is 57.9 Å². The minimum atomic E-state index is 0.311. The molecule has 1 saturated carbocycles. The predicted molar refractivity (Wildman–Crippen MR) is 70.1 cm³/mol. The van der Waals surface area contributed by atoms with Gasteiger partial charge in [-0.2, -0.15) is 0 Å². The summed E-state index contributed by atoms with van der Waals surface area (Å²) in [7, 11) is 0. The van der Waals surface area contributed by atoms with Gasteiger partial charge < -0.3 is 10.1 Å². The SMILES string of the molecule is CC1CCC(C2CCOC3(CCCC3)C2)CN1. The summed E-state index contributed by atoms with van der Waals surface area (Å²) in [5.41, 5.74) is 0.311. The van der Waals surface area contributed by atoms with Crippen LogP contribution in [-0.2, 0) is 4.74 Å². The van der Waals surface area contributed by atoms with Crippen molar-refractivity contribution in [2.75, 3.05) is 13.2 Å². The van der Waals surface area contributed by atoms with Crippen LogP contribution >= 0.6 is 0 Å².